The molecule has 2 nitrogen and oxygen atoms in total. The van der Waals surface area contributed by atoms with Gasteiger partial charge in [0, 0.05) is 28.9 Å². The molecule has 0 aliphatic carbocycles. The van der Waals surface area contributed by atoms with Gasteiger partial charge in [-0.1, -0.05) is 46.3 Å². The van der Waals surface area contributed by atoms with Crippen molar-refractivity contribution in [1.29, 1.82) is 0 Å². The van der Waals surface area contributed by atoms with Crippen LogP contribution < -0.4 is 5.32 Å². The first-order valence-electron chi connectivity index (χ1n) is 5.99. The Kier molecular flexibility index (Phi) is 4.93. The Morgan fingerprint density at radius 1 is 1.05 bits per heavy atom. The zero-order valence-corrected chi connectivity index (χ0v) is 11.9. The predicted molar refractivity (Wildman–Crippen MR) is 80.9 cm³/mol. The van der Waals surface area contributed by atoms with Crippen molar-refractivity contribution in [2.75, 3.05) is 0 Å². The fourth-order valence-corrected chi connectivity index (χ4v) is 1.88. The van der Waals surface area contributed by atoms with Crippen molar-refractivity contribution in [2.24, 2.45) is 0 Å². The summed E-state index contributed by atoms with van der Waals surface area (Å²) in [5, 5.41) is 3.10. The molecule has 19 heavy (non-hydrogen) atoms. The smallest absolute Gasteiger partial charge is 0.187 e. The van der Waals surface area contributed by atoms with Crippen LogP contribution in [0.25, 0.3) is 0 Å². The van der Waals surface area contributed by atoms with Gasteiger partial charge in [-0.3, -0.25) is 4.79 Å². The number of carbonyl (C=O) groups is 1. The minimum atomic E-state index is -0.00642. The summed E-state index contributed by atoms with van der Waals surface area (Å²) in [6.07, 6.45) is 3.24. The Hall–Kier alpha value is -1.87. The number of carbonyl (C=O) groups excluding carboxylic acids is 1. The molecule has 0 aromatic heterocycles. The number of halogens is 1. The molecule has 0 aliphatic heterocycles. The quantitative estimate of drug-likeness (QED) is 0.669. The lowest BCUT2D eigenvalue weighted by Crippen LogP contribution is -2.05. The first-order valence-corrected chi connectivity index (χ1v) is 6.79. The molecule has 0 heterocycles. The first-order chi connectivity index (χ1) is 9.25. The Labute approximate surface area is 121 Å². The number of hydrogen-bond donors (Lipinski definition) is 1. The van der Waals surface area contributed by atoms with Crippen LogP contribution in [0, 0.1) is 0 Å². The van der Waals surface area contributed by atoms with E-state index in [9.17, 15) is 4.79 Å². The highest BCUT2D eigenvalue weighted by atomic mass is 79.9. The second-order valence-electron chi connectivity index (χ2n) is 4.07. The maximum absolute atomic E-state index is 11.8. The van der Waals surface area contributed by atoms with Gasteiger partial charge >= 0.3 is 0 Å². The van der Waals surface area contributed by atoms with Gasteiger partial charge in [0.1, 0.15) is 0 Å². The van der Waals surface area contributed by atoms with E-state index in [1.807, 2.05) is 42.5 Å². The lowest BCUT2D eigenvalue weighted by molar-refractivity contribution is 0.104. The molecule has 0 saturated heterocycles. The zero-order chi connectivity index (χ0) is 13.5. The van der Waals surface area contributed by atoms with Crippen LogP contribution in [0.4, 0.5) is 0 Å². The number of nitrogens with one attached hydrogen (secondary N) is 1. The Morgan fingerprint density at radius 3 is 2.42 bits per heavy atom. The highest BCUT2D eigenvalue weighted by molar-refractivity contribution is 9.10. The van der Waals surface area contributed by atoms with Crippen molar-refractivity contribution in [3.8, 4) is 0 Å². The van der Waals surface area contributed by atoms with E-state index in [-0.39, 0.29) is 5.78 Å². The molecule has 2 aromatic carbocycles. The molecule has 0 bridgehead atoms. The van der Waals surface area contributed by atoms with E-state index in [4.69, 9.17) is 0 Å². The monoisotopic (exact) mass is 315 g/mol. The number of hydrogen-bond acceptors (Lipinski definition) is 2. The third kappa shape index (κ3) is 4.38. The maximum atomic E-state index is 11.8. The molecular formula is C16H14BrNO. The lowest BCUT2D eigenvalue weighted by atomic mass is 10.1. The normalized spacial score (nSPS) is 10.6. The second-order valence-corrected chi connectivity index (χ2v) is 4.99. The van der Waals surface area contributed by atoms with Gasteiger partial charge in [0.25, 0.3) is 0 Å². The van der Waals surface area contributed by atoms with Crippen LogP contribution in [0.2, 0.25) is 0 Å². The molecule has 0 unspecified atom stereocenters. The van der Waals surface area contributed by atoms with Crippen molar-refractivity contribution >= 4 is 21.7 Å². The first kappa shape index (κ1) is 13.6. The molecule has 0 radical (unpaired) electrons. The van der Waals surface area contributed by atoms with E-state index < -0.39 is 0 Å². The SMILES string of the molecule is O=C(/C=C\NCc1ccccc1)c1ccc(Br)cc1. The average molecular weight is 316 g/mol. The largest absolute Gasteiger partial charge is 0.387 e. The third-order valence-electron chi connectivity index (χ3n) is 2.63. The number of allylic oxidation sites excluding steroid dienone is 1. The van der Waals surface area contributed by atoms with Crippen LogP contribution in [-0.4, -0.2) is 5.78 Å². The standard InChI is InChI=1S/C16H14BrNO/c17-15-8-6-14(7-9-15)16(19)10-11-18-12-13-4-2-1-3-5-13/h1-11,18H,12H2/b11-10-. The molecule has 0 fully saturated rings. The average Bonchev–Trinajstić information content (AvgIpc) is 2.45. The molecule has 1 N–H and O–H groups in total. The van der Waals surface area contributed by atoms with Gasteiger partial charge < -0.3 is 5.32 Å². The van der Waals surface area contributed by atoms with Gasteiger partial charge in [0.15, 0.2) is 5.78 Å². The van der Waals surface area contributed by atoms with Crippen LogP contribution in [-0.2, 0) is 6.54 Å². The van der Waals surface area contributed by atoms with Gasteiger partial charge in [0.2, 0.25) is 0 Å². The van der Waals surface area contributed by atoms with E-state index >= 15 is 0 Å². The van der Waals surface area contributed by atoms with E-state index in [2.05, 4.69) is 21.2 Å². The number of ketones is 1. The highest BCUT2D eigenvalue weighted by Gasteiger charge is 2.00. The number of rotatable bonds is 5. The van der Waals surface area contributed by atoms with Crippen molar-refractivity contribution in [2.45, 2.75) is 6.54 Å². The molecule has 0 atom stereocenters. The predicted octanol–water partition coefficient (Wildman–Crippen LogP) is 3.94. The summed E-state index contributed by atoms with van der Waals surface area (Å²) in [6.45, 7) is 0.713. The highest BCUT2D eigenvalue weighted by Crippen LogP contribution is 2.11. The van der Waals surface area contributed by atoms with Crippen molar-refractivity contribution < 1.29 is 4.79 Å². The van der Waals surface area contributed by atoms with E-state index in [1.165, 1.54) is 5.56 Å². The molecule has 2 rings (SSSR count). The van der Waals surface area contributed by atoms with Crippen molar-refractivity contribution in [3.05, 3.63) is 82.5 Å². The third-order valence-corrected chi connectivity index (χ3v) is 3.16. The minimum absolute atomic E-state index is 0.00642. The van der Waals surface area contributed by atoms with Crippen LogP contribution in [0.5, 0.6) is 0 Å². The summed E-state index contributed by atoms with van der Waals surface area (Å²) in [5.74, 6) is -0.00642. The molecule has 0 amide bonds. The molecule has 0 saturated carbocycles. The summed E-state index contributed by atoms with van der Waals surface area (Å²) < 4.78 is 0.968. The lowest BCUT2D eigenvalue weighted by Gasteiger charge is -2.00. The Bertz CT molecular complexity index is 561. The molecule has 2 aromatic rings. The van der Waals surface area contributed by atoms with Crippen LogP contribution in [0.3, 0.4) is 0 Å². The van der Waals surface area contributed by atoms with Crippen LogP contribution in [0.1, 0.15) is 15.9 Å². The van der Waals surface area contributed by atoms with Gasteiger partial charge in [0.05, 0.1) is 0 Å². The fraction of sp³-hybridized carbons (Fsp3) is 0.0625. The van der Waals surface area contributed by atoms with E-state index in [1.54, 1.807) is 24.4 Å². The molecule has 96 valence electrons. The summed E-state index contributed by atoms with van der Waals surface area (Å²) in [7, 11) is 0. The molecule has 0 spiro atoms. The molecular weight excluding hydrogens is 302 g/mol. The summed E-state index contributed by atoms with van der Waals surface area (Å²) in [5.41, 5.74) is 1.87. The van der Waals surface area contributed by atoms with Crippen LogP contribution in [0.15, 0.2) is 71.3 Å². The van der Waals surface area contributed by atoms with E-state index in [0.717, 1.165) is 4.47 Å². The summed E-state index contributed by atoms with van der Waals surface area (Å²) in [4.78, 5) is 11.8. The molecule has 0 aliphatic rings. The zero-order valence-electron chi connectivity index (χ0n) is 10.3. The summed E-state index contributed by atoms with van der Waals surface area (Å²) in [6, 6.07) is 17.4. The second kappa shape index (κ2) is 6.90. The van der Waals surface area contributed by atoms with Gasteiger partial charge in [-0.2, -0.15) is 0 Å². The van der Waals surface area contributed by atoms with Gasteiger partial charge in [-0.15, -0.1) is 0 Å². The minimum Gasteiger partial charge on any atom is -0.387 e. The van der Waals surface area contributed by atoms with Gasteiger partial charge in [-0.05, 0) is 29.8 Å². The van der Waals surface area contributed by atoms with Crippen molar-refractivity contribution in [3.63, 3.8) is 0 Å². The fourth-order valence-electron chi connectivity index (χ4n) is 1.62. The summed E-state index contributed by atoms with van der Waals surface area (Å²) >= 11 is 3.34. The van der Waals surface area contributed by atoms with E-state index in [0.29, 0.717) is 12.1 Å². The van der Waals surface area contributed by atoms with Crippen LogP contribution >= 0.6 is 15.9 Å². The Balaban J connectivity index is 1.85. The molecule has 3 heteroatoms. The van der Waals surface area contributed by atoms with Gasteiger partial charge in [-0.25, -0.2) is 0 Å². The topological polar surface area (TPSA) is 29.1 Å². The van der Waals surface area contributed by atoms with Crippen molar-refractivity contribution in [1.82, 2.24) is 5.32 Å². The number of benzene rings is 2. The Morgan fingerprint density at radius 2 is 1.74 bits per heavy atom. The maximum Gasteiger partial charge on any atom is 0.187 e.